The van der Waals surface area contributed by atoms with Gasteiger partial charge >= 0.3 is 0 Å². The third-order valence-electron chi connectivity index (χ3n) is 2.69. The zero-order valence-electron chi connectivity index (χ0n) is 10.9. The average molecular weight is 257 g/mol. The number of hydrogen-bond donors (Lipinski definition) is 2. The largest absolute Gasteiger partial charge is 0.469 e. The molecule has 0 aliphatic rings. The van der Waals surface area contributed by atoms with Crippen LogP contribution < -0.4 is 5.32 Å². The quantitative estimate of drug-likeness (QED) is 0.750. The number of rotatable bonds is 8. The van der Waals surface area contributed by atoms with Crippen LogP contribution in [0.25, 0.3) is 0 Å². The van der Waals surface area contributed by atoms with Gasteiger partial charge in [-0.3, -0.25) is 0 Å². The molecule has 1 heterocycles. The molecule has 1 rings (SSSR count). The van der Waals surface area contributed by atoms with E-state index < -0.39 is 5.60 Å². The Morgan fingerprint density at radius 1 is 1.59 bits per heavy atom. The monoisotopic (exact) mass is 257 g/mol. The lowest BCUT2D eigenvalue weighted by molar-refractivity contribution is 0.0817. The van der Waals surface area contributed by atoms with Gasteiger partial charge in [0.15, 0.2) is 0 Å². The minimum atomic E-state index is -0.627. The summed E-state index contributed by atoms with van der Waals surface area (Å²) in [5.41, 5.74) is -0.627. The molecule has 2 atom stereocenters. The SMILES string of the molecule is CSCC(C)(O)CNC(C)CCc1ccco1. The zero-order valence-corrected chi connectivity index (χ0v) is 11.7. The van der Waals surface area contributed by atoms with Crippen LogP contribution in [0.3, 0.4) is 0 Å². The molecule has 0 fully saturated rings. The van der Waals surface area contributed by atoms with E-state index in [-0.39, 0.29) is 0 Å². The molecule has 0 saturated heterocycles. The van der Waals surface area contributed by atoms with Gasteiger partial charge in [-0.05, 0) is 38.7 Å². The molecule has 3 nitrogen and oxygen atoms in total. The van der Waals surface area contributed by atoms with Crippen molar-refractivity contribution in [3.63, 3.8) is 0 Å². The first kappa shape index (κ1) is 14.6. The summed E-state index contributed by atoms with van der Waals surface area (Å²) in [5, 5.41) is 13.4. The fraction of sp³-hybridized carbons (Fsp3) is 0.692. The summed E-state index contributed by atoms with van der Waals surface area (Å²) in [4.78, 5) is 0. The van der Waals surface area contributed by atoms with Gasteiger partial charge in [0.05, 0.1) is 11.9 Å². The Bertz CT molecular complexity index is 298. The number of aryl methyl sites for hydroxylation is 1. The van der Waals surface area contributed by atoms with E-state index in [2.05, 4.69) is 12.2 Å². The normalized spacial score (nSPS) is 16.7. The van der Waals surface area contributed by atoms with Crippen LogP contribution in [0.5, 0.6) is 0 Å². The minimum Gasteiger partial charge on any atom is -0.469 e. The van der Waals surface area contributed by atoms with Gasteiger partial charge in [0.25, 0.3) is 0 Å². The second kappa shape index (κ2) is 7.09. The van der Waals surface area contributed by atoms with Crippen molar-refractivity contribution < 1.29 is 9.52 Å². The smallest absolute Gasteiger partial charge is 0.103 e. The molecule has 0 aromatic carbocycles. The van der Waals surface area contributed by atoms with Crippen LogP contribution in [-0.4, -0.2) is 35.3 Å². The van der Waals surface area contributed by atoms with E-state index in [1.807, 2.05) is 25.3 Å². The van der Waals surface area contributed by atoms with Crippen LogP contribution in [0.15, 0.2) is 22.8 Å². The molecule has 0 radical (unpaired) electrons. The lowest BCUT2D eigenvalue weighted by Gasteiger charge is -2.25. The topological polar surface area (TPSA) is 45.4 Å². The van der Waals surface area contributed by atoms with E-state index in [1.54, 1.807) is 18.0 Å². The Balaban J connectivity index is 2.18. The van der Waals surface area contributed by atoms with E-state index in [1.165, 1.54) is 0 Å². The highest BCUT2D eigenvalue weighted by Gasteiger charge is 2.19. The predicted molar refractivity (Wildman–Crippen MR) is 73.5 cm³/mol. The van der Waals surface area contributed by atoms with Crippen LogP contribution in [-0.2, 0) is 6.42 Å². The molecule has 17 heavy (non-hydrogen) atoms. The van der Waals surface area contributed by atoms with Gasteiger partial charge in [-0.25, -0.2) is 0 Å². The highest BCUT2D eigenvalue weighted by molar-refractivity contribution is 7.98. The number of hydrogen-bond acceptors (Lipinski definition) is 4. The highest BCUT2D eigenvalue weighted by atomic mass is 32.2. The molecule has 4 heteroatoms. The second-order valence-electron chi connectivity index (χ2n) is 4.83. The van der Waals surface area contributed by atoms with Crippen molar-refractivity contribution in [1.82, 2.24) is 5.32 Å². The summed E-state index contributed by atoms with van der Waals surface area (Å²) in [5.74, 6) is 1.78. The molecule has 0 aliphatic heterocycles. The third-order valence-corrected chi connectivity index (χ3v) is 3.60. The van der Waals surface area contributed by atoms with Crippen molar-refractivity contribution in [1.29, 1.82) is 0 Å². The van der Waals surface area contributed by atoms with E-state index in [0.29, 0.717) is 12.6 Å². The minimum absolute atomic E-state index is 0.383. The van der Waals surface area contributed by atoms with E-state index >= 15 is 0 Å². The van der Waals surface area contributed by atoms with Crippen molar-refractivity contribution in [3.8, 4) is 0 Å². The second-order valence-corrected chi connectivity index (χ2v) is 5.70. The maximum absolute atomic E-state index is 10.0. The Kier molecular flexibility index (Phi) is 6.09. The van der Waals surface area contributed by atoms with Crippen molar-refractivity contribution in [2.45, 2.75) is 38.3 Å². The summed E-state index contributed by atoms with van der Waals surface area (Å²) in [6, 6.07) is 4.29. The summed E-state index contributed by atoms with van der Waals surface area (Å²) in [6.07, 6.45) is 5.67. The molecular formula is C13H23NO2S. The van der Waals surface area contributed by atoms with Crippen LogP contribution in [0.2, 0.25) is 0 Å². The number of aliphatic hydroxyl groups is 1. The molecule has 2 N–H and O–H groups in total. The van der Waals surface area contributed by atoms with Gasteiger partial charge in [-0.15, -0.1) is 0 Å². The van der Waals surface area contributed by atoms with E-state index in [0.717, 1.165) is 24.4 Å². The molecule has 0 amide bonds. The van der Waals surface area contributed by atoms with Crippen LogP contribution in [0.1, 0.15) is 26.0 Å². The molecule has 98 valence electrons. The average Bonchev–Trinajstić information content (AvgIpc) is 2.76. The first-order valence-electron chi connectivity index (χ1n) is 6.00. The summed E-state index contributed by atoms with van der Waals surface area (Å²) in [7, 11) is 0. The standard InChI is InChI=1S/C13H23NO2S/c1-11(6-7-12-5-4-8-16-12)14-9-13(2,15)10-17-3/h4-5,8,11,14-15H,6-7,9-10H2,1-3H3. The molecule has 1 aromatic heterocycles. The highest BCUT2D eigenvalue weighted by Crippen LogP contribution is 2.10. The Morgan fingerprint density at radius 2 is 2.35 bits per heavy atom. The summed E-state index contributed by atoms with van der Waals surface area (Å²) < 4.78 is 5.29. The van der Waals surface area contributed by atoms with Gasteiger partial charge in [-0.1, -0.05) is 0 Å². The van der Waals surface area contributed by atoms with E-state index in [4.69, 9.17) is 4.42 Å². The summed E-state index contributed by atoms with van der Waals surface area (Å²) >= 11 is 1.67. The third kappa shape index (κ3) is 6.15. The molecular weight excluding hydrogens is 234 g/mol. The molecule has 0 spiro atoms. The zero-order chi connectivity index (χ0) is 12.7. The molecule has 0 saturated carbocycles. The number of furan rings is 1. The first-order chi connectivity index (χ1) is 8.03. The van der Waals surface area contributed by atoms with Crippen LogP contribution >= 0.6 is 11.8 Å². The Labute approximate surface area is 108 Å². The van der Waals surface area contributed by atoms with Crippen LogP contribution in [0.4, 0.5) is 0 Å². The number of nitrogens with one attached hydrogen (secondary N) is 1. The van der Waals surface area contributed by atoms with Gasteiger partial charge in [0.1, 0.15) is 5.76 Å². The van der Waals surface area contributed by atoms with Crippen molar-refractivity contribution >= 4 is 11.8 Å². The molecule has 1 aromatic rings. The molecule has 2 unspecified atom stereocenters. The van der Waals surface area contributed by atoms with Gasteiger partial charge in [0, 0.05) is 24.8 Å². The lowest BCUT2D eigenvalue weighted by Crippen LogP contribution is -2.43. The summed E-state index contributed by atoms with van der Waals surface area (Å²) in [6.45, 7) is 4.64. The first-order valence-corrected chi connectivity index (χ1v) is 7.40. The fourth-order valence-corrected chi connectivity index (χ4v) is 2.40. The predicted octanol–water partition coefficient (Wildman–Crippen LogP) is 2.30. The van der Waals surface area contributed by atoms with Crippen molar-refractivity contribution in [3.05, 3.63) is 24.2 Å². The molecule has 0 bridgehead atoms. The Morgan fingerprint density at radius 3 is 2.94 bits per heavy atom. The van der Waals surface area contributed by atoms with Crippen molar-refractivity contribution in [2.75, 3.05) is 18.6 Å². The fourth-order valence-electron chi connectivity index (χ4n) is 1.67. The van der Waals surface area contributed by atoms with Gasteiger partial charge in [-0.2, -0.15) is 11.8 Å². The molecule has 0 aliphatic carbocycles. The van der Waals surface area contributed by atoms with Gasteiger partial charge < -0.3 is 14.8 Å². The van der Waals surface area contributed by atoms with E-state index in [9.17, 15) is 5.11 Å². The van der Waals surface area contributed by atoms with Crippen LogP contribution in [0, 0.1) is 0 Å². The Hall–Kier alpha value is -0.450. The van der Waals surface area contributed by atoms with Crippen molar-refractivity contribution in [2.24, 2.45) is 0 Å². The maximum Gasteiger partial charge on any atom is 0.103 e. The maximum atomic E-state index is 10.0. The lowest BCUT2D eigenvalue weighted by atomic mass is 10.1. The van der Waals surface area contributed by atoms with Gasteiger partial charge in [0.2, 0.25) is 0 Å². The number of thioether (sulfide) groups is 1.